The van der Waals surface area contributed by atoms with Crippen molar-refractivity contribution in [1.82, 2.24) is 4.98 Å². The molecule has 0 aliphatic heterocycles. The summed E-state index contributed by atoms with van der Waals surface area (Å²) in [5.74, 6) is 1.60. The lowest BCUT2D eigenvalue weighted by molar-refractivity contribution is 0.480. The van der Waals surface area contributed by atoms with Crippen molar-refractivity contribution in [3.05, 3.63) is 54.4 Å². The van der Waals surface area contributed by atoms with Crippen molar-refractivity contribution in [2.75, 3.05) is 0 Å². The standard InChI is InChI=1S/C12H11NO.C2H6/c1-10-7-8-12(9-13-10)14-11-5-3-2-4-6-11;1-2/h2-9H,1H3;1-2H3. The summed E-state index contributed by atoms with van der Waals surface area (Å²) < 4.78 is 5.57. The molecule has 0 spiro atoms. The van der Waals surface area contributed by atoms with Crippen LogP contribution in [-0.2, 0) is 0 Å². The molecule has 2 aromatic rings. The molecule has 0 saturated carbocycles. The average Bonchev–Trinajstić information content (AvgIpc) is 2.36. The van der Waals surface area contributed by atoms with Crippen LogP contribution >= 0.6 is 0 Å². The number of aryl methyl sites for hydroxylation is 1. The lowest BCUT2D eigenvalue weighted by Gasteiger charge is -2.04. The van der Waals surface area contributed by atoms with Gasteiger partial charge in [0.2, 0.25) is 0 Å². The molecule has 2 heteroatoms. The molecule has 2 nitrogen and oxygen atoms in total. The Kier molecular flexibility index (Phi) is 5.06. The summed E-state index contributed by atoms with van der Waals surface area (Å²) in [7, 11) is 0. The summed E-state index contributed by atoms with van der Waals surface area (Å²) in [5, 5.41) is 0. The van der Waals surface area contributed by atoms with Crippen molar-refractivity contribution in [2.45, 2.75) is 20.8 Å². The highest BCUT2D eigenvalue weighted by Crippen LogP contribution is 2.19. The van der Waals surface area contributed by atoms with Crippen molar-refractivity contribution < 1.29 is 4.74 Å². The number of aromatic nitrogens is 1. The van der Waals surface area contributed by atoms with Crippen LogP contribution in [0.4, 0.5) is 0 Å². The van der Waals surface area contributed by atoms with Crippen molar-refractivity contribution >= 4 is 0 Å². The highest BCUT2D eigenvalue weighted by molar-refractivity contribution is 5.29. The molecule has 1 aromatic carbocycles. The van der Waals surface area contributed by atoms with E-state index in [-0.39, 0.29) is 0 Å². The van der Waals surface area contributed by atoms with Gasteiger partial charge in [0.15, 0.2) is 0 Å². The first kappa shape index (κ1) is 12.2. The Morgan fingerprint density at radius 3 is 2.12 bits per heavy atom. The van der Waals surface area contributed by atoms with Gasteiger partial charge >= 0.3 is 0 Å². The van der Waals surface area contributed by atoms with E-state index in [9.17, 15) is 0 Å². The van der Waals surface area contributed by atoms with Gasteiger partial charge in [-0.15, -0.1) is 0 Å². The van der Waals surface area contributed by atoms with Gasteiger partial charge in [0.25, 0.3) is 0 Å². The van der Waals surface area contributed by atoms with E-state index in [1.54, 1.807) is 6.20 Å². The minimum Gasteiger partial charge on any atom is -0.456 e. The van der Waals surface area contributed by atoms with Gasteiger partial charge < -0.3 is 4.74 Å². The van der Waals surface area contributed by atoms with Crippen molar-refractivity contribution in [2.24, 2.45) is 0 Å². The van der Waals surface area contributed by atoms with Gasteiger partial charge in [0, 0.05) is 5.69 Å². The molecule has 0 atom stereocenters. The molecule has 0 unspecified atom stereocenters. The monoisotopic (exact) mass is 215 g/mol. The van der Waals surface area contributed by atoms with Crippen LogP contribution in [0.5, 0.6) is 11.5 Å². The Labute approximate surface area is 96.9 Å². The average molecular weight is 215 g/mol. The van der Waals surface area contributed by atoms with Crippen LogP contribution in [0.15, 0.2) is 48.7 Å². The normalized spacial score (nSPS) is 8.94. The zero-order valence-corrected chi connectivity index (χ0v) is 9.97. The number of hydrogen-bond donors (Lipinski definition) is 0. The van der Waals surface area contributed by atoms with E-state index in [1.807, 2.05) is 63.2 Å². The quantitative estimate of drug-likeness (QED) is 0.748. The second-order valence-electron chi connectivity index (χ2n) is 3.05. The van der Waals surface area contributed by atoms with E-state index in [1.165, 1.54) is 0 Å². The lowest BCUT2D eigenvalue weighted by atomic mass is 10.3. The third-order valence-electron chi connectivity index (χ3n) is 1.86. The van der Waals surface area contributed by atoms with Crippen molar-refractivity contribution in [1.29, 1.82) is 0 Å². The molecular formula is C14H17NO. The summed E-state index contributed by atoms with van der Waals surface area (Å²) >= 11 is 0. The first-order chi connectivity index (χ1) is 7.84. The predicted octanol–water partition coefficient (Wildman–Crippen LogP) is 4.21. The number of ether oxygens (including phenoxy) is 1. The largest absolute Gasteiger partial charge is 0.456 e. The van der Waals surface area contributed by atoms with Gasteiger partial charge in [-0.3, -0.25) is 4.98 Å². The lowest BCUT2D eigenvalue weighted by Crippen LogP contribution is -1.85. The van der Waals surface area contributed by atoms with E-state index in [0.717, 1.165) is 17.2 Å². The first-order valence-electron chi connectivity index (χ1n) is 5.50. The van der Waals surface area contributed by atoms with E-state index in [2.05, 4.69) is 4.98 Å². The molecule has 84 valence electrons. The molecule has 1 heterocycles. The molecule has 16 heavy (non-hydrogen) atoms. The maximum Gasteiger partial charge on any atom is 0.145 e. The van der Waals surface area contributed by atoms with Crippen LogP contribution in [0, 0.1) is 6.92 Å². The number of para-hydroxylation sites is 1. The van der Waals surface area contributed by atoms with Gasteiger partial charge in [-0.1, -0.05) is 32.0 Å². The summed E-state index contributed by atoms with van der Waals surface area (Å²) in [5.41, 5.74) is 0.991. The number of hydrogen-bond acceptors (Lipinski definition) is 2. The maximum atomic E-state index is 5.57. The van der Waals surface area contributed by atoms with E-state index in [4.69, 9.17) is 4.74 Å². The fourth-order valence-electron chi connectivity index (χ4n) is 1.14. The smallest absolute Gasteiger partial charge is 0.145 e. The molecule has 0 aliphatic rings. The Bertz CT molecular complexity index is 395. The molecule has 0 aliphatic carbocycles. The molecule has 0 bridgehead atoms. The molecular weight excluding hydrogens is 198 g/mol. The summed E-state index contributed by atoms with van der Waals surface area (Å²) in [4.78, 5) is 4.15. The van der Waals surface area contributed by atoms with Crippen LogP contribution in [-0.4, -0.2) is 4.98 Å². The Morgan fingerprint density at radius 2 is 1.56 bits per heavy atom. The predicted molar refractivity (Wildman–Crippen MR) is 66.8 cm³/mol. The molecule has 0 amide bonds. The number of benzene rings is 1. The van der Waals surface area contributed by atoms with Crippen molar-refractivity contribution in [3.63, 3.8) is 0 Å². The van der Waals surface area contributed by atoms with Gasteiger partial charge in [0.1, 0.15) is 11.5 Å². The van der Waals surface area contributed by atoms with Crippen LogP contribution in [0.1, 0.15) is 19.5 Å². The zero-order valence-electron chi connectivity index (χ0n) is 9.97. The van der Waals surface area contributed by atoms with Gasteiger partial charge in [-0.2, -0.15) is 0 Å². The fraction of sp³-hybridized carbons (Fsp3) is 0.214. The van der Waals surface area contributed by atoms with Crippen LogP contribution < -0.4 is 4.74 Å². The molecule has 0 saturated heterocycles. The summed E-state index contributed by atoms with van der Waals surface area (Å²) in [6, 6.07) is 13.5. The first-order valence-corrected chi connectivity index (χ1v) is 5.50. The highest BCUT2D eigenvalue weighted by atomic mass is 16.5. The second-order valence-corrected chi connectivity index (χ2v) is 3.05. The highest BCUT2D eigenvalue weighted by Gasteiger charge is 1.95. The van der Waals surface area contributed by atoms with Crippen molar-refractivity contribution in [3.8, 4) is 11.5 Å². The fourth-order valence-corrected chi connectivity index (χ4v) is 1.14. The van der Waals surface area contributed by atoms with E-state index >= 15 is 0 Å². The molecule has 0 N–H and O–H groups in total. The molecule has 0 radical (unpaired) electrons. The topological polar surface area (TPSA) is 22.1 Å². The van der Waals surface area contributed by atoms with Crippen LogP contribution in [0.25, 0.3) is 0 Å². The molecule has 1 aromatic heterocycles. The number of rotatable bonds is 2. The van der Waals surface area contributed by atoms with Gasteiger partial charge in [0.05, 0.1) is 6.20 Å². The summed E-state index contributed by atoms with van der Waals surface area (Å²) in [6.45, 7) is 5.95. The Morgan fingerprint density at radius 1 is 0.875 bits per heavy atom. The Hall–Kier alpha value is -1.83. The van der Waals surface area contributed by atoms with Gasteiger partial charge in [-0.25, -0.2) is 0 Å². The minimum absolute atomic E-state index is 0.766. The van der Waals surface area contributed by atoms with Crippen LogP contribution in [0.2, 0.25) is 0 Å². The van der Waals surface area contributed by atoms with E-state index in [0.29, 0.717) is 0 Å². The maximum absolute atomic E-state index is 5.57. The Balaban J connectivity index is 0.000000606. The zero-order chi connectivity index (χ0) is 11.8. The third-order valence-corrected chi connectivity index (χ3v) is 1.86. The second kappa shape index (κ2) is 6.62. The molecule has 0 fully saturated rings. The van der Waals surface area contributed by atoms with E-state index < -0.39 is 0 Å². The molecule has 2 rings (SSSR count). The third kappa shape index (κ3) is 3.73. The minimum atomic E-state index is 0.766. The van der Waals surface area contributed by atoms with Crippen LogP contribution in [0.3, 0.4) is 0 Å². The summed E-state index contributed by atoms with van der Waals surface area (Å²) in [6.07, 6.45) is 1.72. The number of nitrogens with zero attached hydrogens (tertiary/aromatic N) is 1. The van der Waals surface area contributed by atoms with Gasteiger partial charge in [-0.05, 0) is 31.2 Å². The SMILES string of the molecule is CC.Cc1ccc(Oc2ccccc2)cn1. The number of pyridine rings is 1.